The number of hydrogen-bond acceptors (Lipinski definition) is 6. The zero-order chi connectivity index (χ0) is 24.3. The third-order valence-corrected chi connectivity index (χ3v) is 7.57. The molecule has 188 valence electrons. The maximum atomic E-state index is 12.5. The second kappa shape index (κ2) is 10.3. The first kappa shape index (κ1) is 23.0. The Morgan fingerprint density at radius 1 is 0.889 bits per heavy atom. The van der Waals surface area contributed by atoms with Gasteiger partial charge in [-0.2, -0.15) is 5.10 Å². The smallest absolute Gasteiger partial charge is 0.315 e. The van der Waals surface area contributed by atoms with E-state index < -0.39 is 0 Å². The van der Waals surface area contributed by atoms with E-state index in [-0.39, 0.29) is 18.1 Å². The van der Waals surface area contributed by atoms with E-state index in [1.807, 2.05) is 6.07 Å². The molecule has 0 bridgehead atoms. The third-order valence-electron chi connectivity index (χ3n) is 7.57. The van der Waals surface area contributed by atoms with Crippen molar-refractivity contribution in [2.24, 2.45) is 0 Å². The molecule has 0 aliphatic heterocycles. The van der Waals surface area contributed by atoms with Crippen LogP contribution in [0.25, 0.3) is 0 Å². The van der Waals surface area contributed by atoms with Gasteiger partial charge in [-0.3, -0.25) is 5.10 Å². The van der Waals surface area contributed by atoms with Crippen molar-refractivity contribution in [3.05, 3.63) is 65.2 Å². The molecule has 3 aliphatic carbocycles. The number of carbonyl (C=O) groups excluding carboxylic acids is 1. The number of anilines is 2. The van der Waals surface area contributed by atoms with Gasteiger partial charge >= 0.3 is 6.03 Å². The lowest BCUT2D eigenvalue weighted by Gasteiger charge is -2.30. The van der Waals surface area contributed by atoms with E-state index in [1.165, 1.54) is 29.7 Å². The summed E-state index contributed by atoms with van der Waals surface area (Å²) in [5.74, 6) is 2.94. The number of urea groups is 1. The Morgan fingerprint density at radius 2 is 1.61 bits per heavy atom. The quantitative estimate of drug-likeness (QED) is 0.331. The summed E-state index contributed by atoms with van der Waals surface area (Å²) < 4.78 is 0. The highest BCUT2D eigenvalue weighted by Crippen LogP contribution is 2.39. The van der Waals surface area contributed by atoms with Gasteiger partial charge in [0, 0.05) is 42.0 Å². The van der Waals surface area contributed by atoms with Crippen LogP contribution in [0.4, 0.5) is 16.4 Å². The van der Waals surface area contributed by atoms with E-state index in [0.29, 0.717) is 18.5 Å². The number of nitrogens with one attached hydrogen (secondary N) is 5. The standard InChI is InChI=1S/C27H34N8O/c36-27(31-22-13-18-3-1-2-4-19(18)14-22)30-21-9-7-20(8-10-21)29-16-26-28-12-11-24(33-26)32-25-15-23(34-35-25)17-5-6-17/h1-4,11-12,15,17,20-22,29H,5-10,13-14,16H2,(H2,30,31,36)(H2,28,32,33,34,35). The van der Waals surface area contributed by atoms with Crippen molar-refractivity contribution in [2.75, 3.05) is 5.32 Å². The molecule has 36 heavy (non-hydrogen) atoms. The minimum absolute atomic E-state index is 0.0388. The zero-order valence-electron chi connectivity index (χ0n) is 20.5. The minimum atomic E-state index is -0.0388. The number of rotatable bonds is 8. The Hall–Kier alpha value is -3.46. The van der Waals surface area contributed by atoms with Crippen LogP contribution >= 0.6 is 0 Å². The molecule has 6 rings (SSSR count). The van der Waals surface area contributed by atoms with E-state index in [4.69, 9.17) is 0 Å². The van der Waals surface area contributed by atoms with Crippen molar-refractivity contribution in [1.82, 2.24) is 36.1 Å². The average Bonchev–Trinajstić information content (AvgIpc) is 3.50. The van der Waals surface area contributed by atoms with Gasteiger partial charge in [-0.15, -0.1) is 0 Å². The van der Waals surface area contributed by atoms with Crippen LogP contribution in [0.5, 0.6) is 0 Å². The lowest BCUT2D eigenvalue weighted by Crippen LogP contribution is -2.48. The number of fused-ring (bicyclic) bond motifs is 1. The molecule has 9 heteroatoms. The molecule has 0 saturated heterocycles. The molecule has 0 spiro atoms. The van der Waals surface area contributed by atoms with Crippen LogP contribution in [0.15, 0.2) is 42.6 Å². The Kier molecular flexibility index (Phi) is 6.55. The van der Waals surface area contributed by atoms with E-state index >= 15 is 0 Å². The fourth-order valence-corrected chi connectivity index (χ4v) is 5.44. The van der Waals surface area contributed by atoms with Gasteiger partial charge in [0.15, 0.2) is 5.82 Å². The summed E-state index contributed by atoms with van der Waals surface area (Å²) >= 11 is 0. The fraction of sp³-hybridized carbons (Fsp3) is 0.481. The molecular formula is C27H34N8O. The topological polar surface area (TPSA) is 120 Å². The van der Waals surface area contributed by atoms with Gasteiger partial charge < -0.3 is 21.3 Å². The molecule has 5 N–H and O–H groups in total. The fourth-order valence-electron chi connectivity index (χ4n) is 5.44. The van der Waals surface area contributed by atoms with Crippen molar-refractivity contribution in [1.29, 1.82) is 0 Å². The van der Waals surface area contributed by atoms with Crippen LogP contribution in [0, 0.1) is 0 Å². The number of benzene rings is 1. The van der Waals surface area contributed by atoms with E-state index in [9.17, 15) is 4.79 Å². The molecule has 1 aromatic carbocycles. The lowest BCUT2D eigenvalue weighted by atomic mass is 9.91. The normalized spacial score (nSPS) is 21.7. The van der Waals surface area contributed by atoms with Crippen LogP contribution in [0.1, 0.15) is 67.1 Å². The molecule has 0 radical (unpaired) electrons. The highest BCUT2D eigenvalue weighted by atomic mass is 16.2. The highest BCUT2D eigenvalue weighted by molar-refractivity contribution is 5.74. The number of hydrogen-bond donors (Lipinski definition) is 5. The number of carbonyl (C=O) groups is 1. The van der Waals surface area contributed by atoms with Gasteiger partial charge in [0.05, 0.1) is 6.54 Å². The molecule has 2 amide bonds. The van der Waals surface area contributed by atoms with E-state index in [1.54, 1.807) is 6.20 Å². The maximum absolute atomic E-state index is 12.5. The number of amides is 2. The summed E-state index contributed by atoms with van der Waals surface area (Å²) in [6.45, 7) is 0.620. The van der Waals surface area contributed by atoms with Crippen molar-refractivity contribution in [3.63, 3.8) is 0 Å². The highest BCUT2D eigenvalue weighted by Gasteiger charge is 2.26. The molecule has 2 fully saturated rings. The largest absolute Gasteiger partial charge is 0.335 e. The Morgan fingerprint density at radius 3 is 2.36 bits per heavy atom. The number of H-pyrrole nitrogens is 1. The number of nitrogens with zero attached hydrogens (tertiary/aromatic N) is 3. The SMILES string of the molecule is O=C(NC1CCC(NCc2nccc(Nc3cc(C4CC4)[nH]n3)n2)CC1)NC1Cc2ccccc2C1. The first-order valence-corrected chi connectivity index (χ1v) is 13.2. The van der Waals surface area contributed by atoms with Crippen molar-refractivity contribution >= 4 is 17.7 Å². The molecule has 0 unspecified atom stereocenters. The van der Waals surface area contributed by atoms with Crippen LogP contribution in [0.2, 0.25) is 0 Å². The summed E-state index contributed by atoms with van der Waals surface area (Å²) in [6.07, 6.45) is 10.1. The van der Waals surface area contributed by atoms with Gasteiger partial charge in [-0.1, -0.05) is 24.3 Å². The van der Waals surface area contributed by atoms with E-state index in [2.05, 4.69) is 71.8 Å². The molecule has 2 heterocycles. The summed E-state index contributed by atoms with van der Waals surface area (Å²) in [4.78, 5) is 21.6. The van der Waals surface area contributed by atoms with Crippen LogP contribution in [-0.2, 0) is 19.4 Å². The predicted octanol–water partition coefficient (Wildman–Crippen LogP) is 3.69. The molecular weight excluding hydrogens is 452 g/mol. The maximum Gasteiger partial charge on any atom is 0.315 e. The minimum Gasteiger partial charge on any atom is -0.335 e. The van der Waals surface area contributed by atoms with Crippen LogP contribution in [-0.4, -0.2) is 44.3 Å². The van der Waals surface area contributed by atoms with Gasteiger partial charge in [-0.25, -0.2) is 14.8 Å². The monoisotopic (exact) mass is 486 g/mol. The van der Waals surface area contributed by atoms with Gasteiger partial charge in [0.25, 0.3) is 0 Å². The van der Waals surface area contributed by atoms with Gasteiger partial charge in [0.1, 0.15) is 11.6 Å². The zero-order valence-corrected chi connectivity index (χ0v) is 20.5. The molecule has 3 aromatic rings. The lowest BCUT2D eigenvalue weighted by molar-refractivity contribution is 0.225. The predicted molar refractivity (Wildman–Crippen MR) is 138 cm³/mol. The number of aromatic amines is 1. The van der Waals surface area contributed by atoms with Gasteiger partial charge in [0.2, 0.25) is 0 Å². The Labute approximate surface area is 211 Å². The molecule has 3 aliphatic rings. The molecule has 2 saturated carbocycles. The second-order valence-corrected chi connectivity index (χ2v) is 10.4. The summed E-state index contributed by atoms with van der Waals surface area (Å²) in [5, 5.41) is 20.7. The molecule has 2 aromatic heterocycles. The third kappa shape index (κ3) is 5.67. The summed E-state index contributed by atoms with van der Waals surface area (Å²) in [6, 6.07) is 13.2. The van der Waals surface area contributed by atoms with Crippen molar-refractivity contribution in [2.45, 2.75) is 82.0 Å². The average molecular weight is 487 g/mol. The first-order valence-electron chi connectivity index (χ1n) is 13.2. The molecule has 0 atom stereocenters. The van der Waals surface area contributed by atoms with Crippen molar-refractivity contribution < 1.29 is 4.79 Å². The summed E-state index contributed by atoms with van der Waals surface area (Å²) in [5.41, 5.74) is 3.90. The van der Waals surface area contributed by atoms with Crippen molar-refractivity contribution in [3.8, 4) is 0 Å². The Balaban J connectivity index is 0.914. The Bertz CT molecular complexity index is 1170. The second-order valence-electron chi connectivity index (χ2n) is 10.4. The first-order chi connectivity index (χ1) is 17.7. The van der Waals surface area contributed by atoms with E-state index in [0.717, 1.165) is 56.0 Å². The van der Waals surface area contributed by atoms with Crippen LogP contribution < -0.4 is 21.3 Å². The molecule has 9 nitrogen and oxygen atoms in total. The van der Waals surface area contributed by atoms with Gasteiger partial charge in [-0.05, 0) is 68.6 Å². The summed E-state index contributed by atoms with van der Waals surface area (Å²) in [7, 11) is 0. The number of aromatic nitrogens is 4. The van der Waals surface area contributed by atoms with Crippen LogP contribution in [0.3, 0.4) is 0 Å².